The Morgan fingerprint density at radius 3 is 2.62 bits per heavy atom. The number of methoxy groups -OCH3 is 2. The maximum absolute atomic E-state index is 14.1. The number of nitrogens with zero attached hydrogens (tertiary/aromatic N) is 2. The fraction of sp³-hybridized carbons (Fsp3) is 0.286. The monoisotopic (exact) mass is 311 g/mol. The first-order valence-corrected chi connectivity index (χ1v) is 6.55. The fourth-order valence-electron chi connectivity index (χ4n) is 1.99. The van der Waals surface area contributed by atoms with Gasteiger partial charge in [0.05, 0.1) is 26.5 Å². The quantitative estimate of drug-likeness (QED) is 0.920. The van der Waals surface area contributed by atoms with Gasteiger partial charge in [0.1, 0.15) is 11.5 Å². The standard InChI is InChI=1S/C14H15ClFN3O2/c1-17-12(9-5-4-8(15)6-10(9)16)13-14(21-3)19-11(20-2)7-18-13/h4-7,12,17H,1-3H3. The number of aromatic nitrogens is 2. The number of halogens is 2. The van der Waals surface area contributed by atoms with Gasteiger partial charge < -0.3 is 14.8 Å². The molecule has 1 N–H and O–H groups in total. The minimum atomic E-state index is -0.518. The molecule has 1 heterocycles. The molecule has 0 saturated carbocycles. The Bertz CT molecular complexity index is 640. The lowest BCUT2D eigenvalue weighted by atomic mass is 10.0. The number of hydrogen-bond donors (Lipinski definition) is 1. The lowest BCUT2D eigenvalue weighted by Crippen LogP contribution is -2.21. The van der Waals surface area contributed by atoms with Crippen LogP contribution in [0.1, 0.15) is 17.3 Å². The molecule has 0 aliphatic rings. The molecule has 2 aromatic rings. The molecule has 21 heavy (non-hydrogen) atoms. The van der Waals surface area contributed by atoms with Crippen molar-refractivity contribution < 1.29 is 13.9 Å². The molecule has 0 bridgehead atoms. The van der Waals surface area contributed by atoms with Gasteiger partial charge in [-0.05, 0) is 19.2 Å². The summed E-state index contributed by atoms with van der Waals surface area (Å²) >= 11 is 5.78. The Kier molecular flexibility index (Phi) is 4.93. The van der Waals surface area contributed by atoms with Gasteiger partial charge in [0.15, 0.2) is 0 Å². The lowest BCUT2D eigenvalue weighted by Gasteiger charge is -2.19. The highest BCUT2D eigenvalue weighted by atomic mass is 35.5. The van der Waals surface area contributed by atoms with Crippen LogP contribution in [0.15, 0.2) is 24.4 Å². The van der Waals surface area contributed by atoms with Crippen molar-refractivity contribution >= 4 is 11.6 Å². The Balaban J connectivity index is 2.50. The highest BCUT2D eigenvalue weighted by Gasteiger charge is 2.23. The number of benzene rings is 1. The largest absolute Gasteiger partial charge is 0.480 e. The van der Waals surface area contributed by atoms with Gasteiger partial charge in [-0.25, -0.2) is 9.37 Å². The van der Waals surface area contributed by atoms with E-state index >= 15 is 0 Å². The Hall–Kier alpha value is -1.92. The van der Waals surface area contributed by atoms with Crippen LogP contribution in [0.3, 0.4) is 0 Å². The molecule has 5 nitrogen and oxygen atoms in total. The second-order valence-electron chi connectivity index (χ2n) is 4.19. The first kappa shape index (κ1) is 15.5. The summed E-state index contributed by atoms with van der Waals surface area (Å²) in [5.41, 5.74) is 0.863. The summed E-state index contributed by atoms with van der Waals surface area (Å²) in [7, 11) is 4.65. The molecular weight excluding hydrogens is 297 g/mol. The van der Waals surface area contributed by atoms with Gasteiger partial charge >= 0.3 is 0 Å². The Morgan fingerprint density at radius 1 is 1.29 bits per heavy atom. The summed E-state index contributed by atoms with van der Waals surface area (Å²) in [5, 5.41) is 3.33. The minimum absolute atomic E-state index is 0.267. The summed E-state index contributed by atoms with van der Waals surface area (Å²) < 4.78 is 24.3. The highest BCUT2D eigenvalue weighted by Crippen LogP contribution is 2.30. The third kappa shape index (κ3) is 3.22. The van der Waals surface area contributed by atoms with Crippen molar-refractivity contribution in [3.8, 4) is 11.8 Å². The molecule has 2 rings (SSSR count). The molecule has 0 spiro atoms. The molecule has 0 aliphatic heterocycles. The van der Waals surface area contributed by atoms with Crippen molar-refractivity contribution in [2.75, 3.05) is 21.3 Å². The Labute approximate surface area is 127 Å². The van der Waals surface area contributed by atoms with Gasteiger partial charge in [0, 0.05) is 10.6 Å². The van der Waals surface area contributed by atoms with Crippen LogP contribution in [0.2, 0.25) is 5.02 Å². The molecule has 1 atom stereocenters. The number of rotatable bonds is 5. The highest BCUT2D eigenvalue weighted by molar-refractivity contribution is 6.30. The molecule has 1 aromatic heterocycles. The third-order valence-electron chi connectivity index (χ3n) is 2.98. The maximum Gasteiger partial charge on any atom is 0.240 e. The van der Waals surface area contributed by atoms with Gasteiger partial charge in [-0.3, -0.25) is 0 Å². The number of nitrogens with one attached hydrogen (secondary N) is 1. The van der Waals surface area contributed by atoms with Crippen molar-refractivity contribution in [1.29, 1.82) is 0 Å². The Morgan fingerprint density at radius 2 is 2.05 bits per heavy atom. The summed E-state index contributed by atoms with van der Waals surface area (Å²) in [6.07, 6.45) is 1.45. The molecule has 0 amide bonds. The normalized spacial score (nSPS) is 12.0. The van der Waals surface area contributed by atoms with Gasteiger partial charge in [-0.1, -0.05) is 17.7 Å². The van der Waals surface area contributed by atoms with Gasteiger partial charge in [-0.15, -0.1) is 0 Å². The summed E-state index contributed by atoms with van der Waals surface area (Å²) in [5.74, 6) is 0.159. The summed E-state index contributed by atoms with van der Waals surface area (Å²) in [6, 6.07) is 3.96. The third-order valence-corrected chi connectivity index (χ3v) is 3.22. The van der Waals surface area contributed by atoms with E-state index < -0.39 is 11.9 Å². The van der Waals surface area contributed by atoms with E-state index in [-0.39, 0.29) is 5.88 Å². The minimum Gasteiger partial charge on any atom is -0.480 e. The molecule has 112 valence electrons. The van der Waals surface area contributed by atoms with Crippen molar-refractivity contribution in [1.82, 2.24) is 15.3 Å². The summed E-state index contributed by atoms with van der Waals surface area (Å²) in [4.78, 5) is 8.41. The zero-order valence-electron chi connectivity index (χ0n) is 11.9. The molecular formula is C14H15ClFN3O2. The molecule has 1 aromatic carbocycles. The molecule has 7 heteroatoms. The predicted octanol–water partition coefficient (Wildman–Crippen LogP) is 2.60. The smallest absolute Gasteiger partial charge is 0.240 e. The summed E-state index contributed by atoms with van der Waals surface area (Å²) in [6.45, 7) is 0. The van der Waals surface area contributed by atoms with Crippen LogP contribution in [0.4, 0.5) is 4.39 Å². The first-order chi connectivity index (χ1) is 10.1. The van der Waals surface area contributed by atoms with Gasteiger partial charge in [0.25, 0.3) is 0 Å². The van der Waals surface area contributed by atoms with E-state index in [1.54, 1.807) is 19.2 Å². The van der Waals surface area contributed by atoms with Crippen LogP contribution < -0.4 is 14.8 Å². The average molecular weight is 312 g/mol. The van der Waals surface area contributed by atoms with Crippen LogP contribution in [0.5, 0.6) is 11.8 Å². The van der Waals surface area contributed by atoms with Crippen molar-refractivity contribution in [2.24, 2.45) is 0 Å². The van der Waals surface area contributed by atoms with E-state index in [2.05, 4.69) is 15.3 Å². The van der Waals surface area contributed by atoms with Crippen LogP contribution >= 0.6 is 11.6 Å². The molecule has 0 saturated heterocycles. The number of hydrogen-bond acceptors (Lipinski definition) is 5. The van der Waals surface area contributed by atoms with Crippen LogP contribution in [-0.4, -0.2) is 31.2 Å². The van der Waals surface area contributed by atoms with E-state index in [1.807, 2.05) is 0 Å². The van der Waals surface area contributed by atoms with Crippen molar-refractivity contribution in [3.05, 3.63) is 46.5 Å². The SMILES string of the molecule is CNC(c1ccc(Cl)cc1F)c1ncc(OC)nc1OC. The van der Waals surface area contributed by atoms with Crippen LogP contribution in [-0.2, 0) is 0 Å². The number of ether oxygens (including phenoxy) is 2. The predicted molar refractivity (Wildman–Crippen MR) is 77.4 cm³/mol. The van der Waals surface area contributed by atoms with E-state index in [0.717, 1.165) is 0 Å². The second kappa shape index (κ2) is 6.69. The second-order valence-corrected chi connectivity index (χ2v) is 4.63. The van der Waals surface area contributed by atoms with E-state index in [9.17, 15) is 4.39 Å². The lowest BCUT2D eigenvalue weighted by molar-refractivity contribution is 0.353. The van der Waals surface area contributed by atoms with E-state index in [1.165, 1.54) is 26.5 Å². The van der Waals surface area contributed by atoms with Crippen LogP contribution in [0.25, 0.3) is 0 Å². The average Bonchev–Trinajstić information content (AvgIpc) is 2.50. The van der Waals surface area contributed by atoms with Crippen molar-refractivity contribution in [2.45, 2.75) is 6.04 Å². The van der Waals surface area contributed by atoms with Gasteiger partial charge in [-0.2, -0.15) is 4.98 Å². The molecule has 0 radical (unpaired) electrons. The van der Waals surface area contributed by atoms with Crippen molar-refractivity contribution in [3.63, 3.8) is 0 Å². The fourth-order valence-corrected chi connectivity index (χ4v) is 2.15. The molecule has 0 fully saturated rings. The topological polar surface area (TPSA) is 56.3 Å². The molecule has 0 aliphatic carbocycles. The van der Waals surface area contributed by atoms with E-state index in [0.29, 0.717) is 22.2 Å². The van der Waals surface area contributed by atoms with E-state index in [4.69, 9.17) is 21.1 Å². The van der Waals surface area contributed by atoms with Gasteiger partial charge in [0.2, 0.25) is 11.8 Å². The zero-order valence-corrected chi connectivity index (χ0v) is 12.6. The van der Waals surface area contributed by atoms with Crippen LogP contribution in [0, 0.1) is 5.82 Å². The first-order valence-electron chi connectivity index (χ1n) is 6.17. The zero-order chi connectivity index (χ0) is 15.4. The molecule has 1 unspecified atom stereocenters. The maximum atomic E-state index is 14.1.